The maximum absolute atomic E-state index is 10.8. The van der Waals surface area contributed by atoms with Gasteiger partial charge in [-0.2, -0.15) is 0 Å². The second kappa shape index (κ2) is 6.45. The Balaban J connectivity index is 2.14. The first kappa shape index (κ1) is 15.1. The zero-order valence-electron chi connectivity index (χ0n) is 11.6. The molecule has 2 rings (SSSR count). The standard InChI is InChI=1S/C15H15ClN2O3/c1-9(10-3-5-12(21-2)6-4-10)18-14-13(16)7-11(8-17-14)15(19)20/h3-9H,1-2H3,(H,17,18)(H,19,20). The van der Waals surface area contributed by atoms with Crippen molar-refractivity contribution in [2.75, 3.05) is 12.4 Å². The van der Waals surface area contributed by atoms with Gasteiger partial charge in [0.1, 0.15) is 11.6 Å². The summed E-state index contributed by atoms with van der Waals surface area (Å²) in [6, 6.07) is 8.97. The van der Waals surface area contributed by atoms with Crippen LogP contribution in [0.4, 0.5) is 5.82 Å². The van der Waals surface area contributed by atoms with Crippen molar-refractivity contribution < 1.29 is 14.6 Å². The number of carboxylic acid groups (broad SMARTS) is 1. The molecule has 0 saturated carbocycles. The molecule has 0 amide bonds. The van der Waals surface area contributed by atoms with E-state index in [1.165, 1.54) is 12.3 Å². The third-order valence-corrected chi connectivity index (χ3v) is 3.35. The lowest BCUT2D eigenvalue weighted by molar-refractivity contribution is 0.0696. The molecule has 2 N–H and O–H groups in total. The zero-order chi connectivity index (χ0) is 15.4. The van der Waals surface area contributed by atoms with Crippen LogP contribution in [0, 0.1) is 0 Å². The van der Waals surface area contributed by atoms with Crippen LogP contribution < -0.4 is 10.1 Å². The van der Waals surface area contributed by atoms with Crippen LogP contribution in [0.5, 0.6) is 5.75 Å². The van der Waals surface area contributed by atoms with Crippen molar-refractivity contribution in [1.29, 1.82) is 0 Å². The van der Waals surface area contributed by atoms with Gasteiger partial charge in [-0.05, 0) is 30.7 Å². The van der Waals surface area contributed by atoms with Gasteiger partial charge in [0.2, 0.25) is 0 Å². The van der Waals surface area contributed by atoms with E-state index in [4.69, 9.17) is 21.4 Å². The van der Waals surface area contributed by atoms with E-state index in [0.717, 1.165) is 11.3 Å². The highest BCUT2D eigenvalue weighted by molar-refractivity contribution is 6.33. The molecule has 0 aliphatic carbocycles. The maximum Gasteiger partial charge on any atom is 0.337 e. The molecule has 2 aromatic rings. The molecule has 0 aliphatic rings. The average molecular weight is 307 g/mol. The smallest absolute Gasteiger partial charge is 0.337 e. The van der Waals surface area contributed by atoms with E-state index in [9.17, 15) is 4.79 Å². The molecule has 1 aromatic heterocycles. The molecule has 110 valence electrons. The van der Waals surface area contributed by atoms with Gasteiger partial charge in [-0.25, -0.2) is 9.78 Å². The molecule has 0 bridgehead atoms. The fourth-order valence-corrected chi connectivity index (χ4v) is 2.06. The highest BCUT2D eigenvalue weighted by Gasteiger charge is 2.12. The van der Waals surface area contributed by atoms with Crippen LogP contribution in [0.25, 0.3) is 0 Å². The quantitative estimate of drug-likeness (QED) is 0.883. The lowest BCUT2D eigenvalue weighted by Crippen LogP contribution is -2.09. The first-order chi connectivity index (χ1) is 10.0. The lowest BCUT2D eigenvalue weighted by Gasteiger charge is -2.16. The second-order valence-electron chi connectivity index (χ2n) is 4.50. The molecular formula is C15H15ClN2O3. The minimum absolute atomic E-state index is 0.0309. The fourth-order valence-electron chi connectivity index (χ4n) is 1.84. The monoisotopic (exact) mass is 306 g/mol. The Hall–Kier alpha value is -2.27. The normalized spacial score (nSPS) is 11.8. The Bertz CT molecular complexity index is 644. The summed E-state index contributed by atoms with van der Waals surface area (Å²) in [6.07, 6.45) is 1.28. The maximum atomic E-state index is 10.8. The van der Waals surface area contributed by atoms with Crippen molar-refractivity contribution in [2.45, 2.75) is 13.0 Å². The number of hydrogen-bond acceptors (Lipinski definition) is 4. The number of ether oxygens (including phenoxy) is 1. The number of carbonyl (C=O) groups is 1. The van der Waals surface area contributed by atoms with Crippen molar-refractivity contribution >= 4 is 23.4 Å². The van der Waals surface area contributed by atoms with Gasteiger partial charge in [0.05, 0.1) is 17.7 Å². The van der Waals surface area contributed by atoms with Crippen LogP contribution in [-0.2, 0) is 0 Å². The van der Waals surface area contributed by atoms with Gasteiger partial charge >= 0.3 is 5.97 Å². The largest absolute Gasteiger partial charge is 0.497 e. The third kappa shape index (κ3) is 3.64. The summed E-state index contributed by atoms with van der Waals surface area (Å²) in [6.45, 7) is 1.96. The number of anilines is 1. The highest BCUT2D eigenvalue weighted by atomic mass is 35.5. The number of rotatable bonds is 5. The van der Waals surface area contributed by atoms with Gasteiger partial charge in [-0.3, -0.25) is 0 Å². The Labute approximate surface area is 127 Å². The molecule has 1 heterocycles. The first-order valence-electron chi connectivity index (χ1n) is 6.30. The average Bonchev–Trinajstić information content (AvgIpc) is 2.49. The molecule has 5 nitrogen and oxygen atoms in total. The fraction of sp³-hybridized carbons (Fsp3) is 0.200. The molecule has 0 fully saturated rings. The van der Waals surface area contributed by atoms with Crippen LogP contribution in [0.15, 0.2) is 36.5 Å². The van der Waals surface area contributed by atoms with Crippen molar-refractivity contribution in [1.82, 2.24) is 4.98 Å². The number of methoxy groups -OCH3 is 1. The topological polar surface area (TPSA) is 71.5 Å². The zero-order valence-corrected chi connectivity index (χ0v) is 12.4. The summed E-state index contributed by atoms with van der Waals surface area (Å²) in [7, 11) is 1.62. The van der Waals surface area contributed by atoms with E-state index in [2.05, 4.69) is 10.3 Å². The molecule has 1 aromatic carbocycles. The van der Waals surface area contributed by atoms with Crippen LogP contribution in [0.1, 0.15) is 28.9 Å². The Morgan fingerprint density at radius 3 is 2.57 bits per heavy atom. The van der Waals surface area contributed by atoms with E-state index in [0.29, 0.717) is 5.82 Å². The van der Waals surface area contributed by atoms with Crippen molar-refractivity contribution in [3.05, 3.63) is 52.7 Å². The summed E-state index contributed by atoms with van der Waals surface area (Å²) < 4.78 is 5.11. The summed E-state index contributed by atoms with van der Waals surface area (Å²) in [5.74, 6) is 0.178. The van der Waals surface area contributed by atoms with Gasteiger partial charge in [-0.15, -0.1) is 0 Å². The number of halogens is 1. The number of nitrogens with one attached hydrogen (secondary N) is 1. The molecule has 1 unspecified atom stereocenters. The number of carboxylic acids is 1. The SMILES string of the molecule is COc1ccc(C(C)Nc2ncc(C(=O)O)cc2Cl)cc1. The number of hydrogen-bond donors (Lipinski definition) is 2. The third-order valence-electron chi connectivity index (χ3n) is 3.06. The predicted octanol–water partition coefficient (Wildman–Crippen LogP) is 3.61. The summed E-state index contributed by atoms with van der Waals surface area (Å²) >= 11 is 6.04. The number of nitrogens with zero attached hydrogens (tertiary/aromatic N) is 1. The van der Waals surface area contributed by atoms with Gasteiger partial charge in [0.25, 0.3) is 0 Å². The number of pyridine rings is 1. The molecule has 1 atom stereocenters. The summed E-state index contributed by atoms with van der Waals surface area (Å²) in [5.41, 5.74) is 1.10. The highest BCUT2D eigenvalue weighted by Crippen LogP contribution is 2.25. The van der Waals surface area contributed by atoms with E-state index >= 15 is 0 Å². The van der Waals surface area contributed by atoms with Crippen LogP contribution >= 0.6 is 11.6 Å². The Morgan fingerprint density at radius 2 is 2.05 bits per heavy atom. The van der Waals surface area contributed by atoms with Crippen molar-refractivity contribution in [2.24, 2.45) is 0 Å². The molecular weight excluding hydrogens is 292 g/mol. The number of aromatic carboxylic acids is 1. The number of aromatic nitrogens is 1. The molecule has 0 aliphatic heterocycles. The van der Waals surface area contributed by atoms with Crippen LogP contribution in [0.3, 0.4) is 0 Å². The van der Waals surface area contributed by atoms with E-state index < -0.39 is 5.97 Å². The van der Waals surface area contributed by atoms with Crippen LogP contribution in [-0.4, -0.2) is 23.2 Å². The molecule has 21 heavy (non-hydrogen) atoms. The molecule has 0 spiro atoms. The Morgan fingerprint density at radius 1 is 1.38 bits per heavy atom. The predicted molar refractivity (Wildman–Crippen MR) is 81.2 cm³/mol. The van der Waals surface area contributed by atoms with Crippen LogP contribution in [0.2, 0.25) is 5.02 Å². The minimum Gasteiger partial charge on any atom is -0.497 e. The number of benzene rings is 1. The van der Waals surface area contributed by atoms with Crippen molar-refractivity contribution in [3.8, 4) is 5.75 Å². The van der Waals surface area contributed by atoms with Gasteiger partial charge in [-0.1, -0.05) is 23.7 Å². The minimum atomic E-state index is -1.06. The molecule has 0 radical (unpaired) electrons. The van der Waals surface area contributed by atoms with Gasteiger partial charge < -0.3 is 15.2 Å². The molecule has 0 saturated heterocycles. The van der Waals surface area contributed by atoms with E-state index in [-0.39, 0.29) is 16.6 Å². The Kier molecular flexibility index (Phi) is 4.65. The van der Waals surface area contributed by atoms with E-state index in [1.54, 1.807) is 7.11 Å². The van der Waals surface area contributed by atoms with Gasteiger partial charge in [0, 0.05) is 12.2 Å². The molecule has 6 heteroatoms. The van der Waals surface area contributed by atoms with Gasteiger partial charge in [0.15, 0.2) is 0 Å². The summed E-state index contributed by atoms with van der Waals surface area (Å²) in [4.78, 5) is 14.9. The van der Waals surface area contributed by atoms with Crippen molar-refractivity contribution in [3.63, 3.8) is 0 Å². The first-order valence-corrected chi connectivity index (χ1v) is 6.68. The van der Waals surface area contributed by atoms with E-state index in [1.807, 2.05) is 31.2 Å². The second-order valence-corrected chi connectivity index (χ2v) is 4.91. The lowest BCUT2D eigenvalue weighted by atomic mass is 10.1. The summed E-state index contributed by atoms with van der Waals surface area (Å²) in [5, 5.41) is 12.3.